The number of hydrogen-bond donors (Lipinski definition) is 3. The number of hydrogen-bond acceptors (Lipinski definition) is 7. The number of rotatable bonds is 4. The van der Waals surface area contributed by atoms with Crippen LogP contribution in [0, 0.1) is 10.1 Å². The first-order valence-corrected chi connectivity index (χ1v) is 8.73. The van der Waals surface area contributed by atoms with E-state index in [1.165, 1.54) is 25.1 Å². The number of Topliss-reactive ketones (excluding diaryl/α,β-unsaturated/α-hetero) is 1. The van der Waals surface area contributed by atoms with Crippen LogP contribution in [0.2, 0.25) is 0 Å². The standard InChI is InChI=1S/C19H15N5O4S/c1-10(25)12-4-7-16-14(8-12)15(18(26)22-19(29)23-20)9-17(21-16)11-2-5-13(6-3-11)24(27)28/h2-9H,20H2,1H3,(H2,22,23,26,29). The second-order valence-corrected chi connectivity index (χ2v) is 6.48. The molecule has 4 N–H and O–H groups in total. The molecular weight excluding hydrogens is 394 g/mol. The van der Waals surface area contributed by atoms with Crippen LogP contribution in [0.4, 0.5) is 5.69 Å². The van der Waals surface area contributed by atoms with Crippen LogP contribution in [-0.4, -0.2) is 26.7 Å². The fraction of sp³-hybridized carbons (Fsp3) is 0.0526. The lowest BCUT2D eigenvalue weighted by Crippen LogP contribution is -2.42. The van der Waals surface area contributed by atoms with Crippen molar-refractivity contribution in [2.24, 2.45) is 5.84 Å². The van der Waals surface area contributed by atoms with Crippen molar-refractivity contribution in [2.45, 2.75) is 6.92 Å². The number of benzene rings is 2. The van der Waals surface area contributed by atoms with E-state index in [1.54, 1.807) is 30.3 Å². The molecule has 0 saturated heterocycles. The highest BCUT2D eigenvalue weighted by molar-refractivity contribution is 7.80. The minimum atomic E-state index is -0.538. The summed E-state index contributed by atoms with van der Waals surface area (Å²) in [4.78, 5) is 39.4. The van der Waals surface area contributed by atoms with Crippen molar-refractivity contribution in [3.8, 4) is 11.3 Å². The lowest BCUT2D eigenvalue weighted by molar-refractivity contribution is -0.384. The number of ketones is 1. The van der Waals surface area contributed by atoms with Gasteiger partial charge in [0, 0.05) is 28.6 Å². The monoisotopic (exact) mass is 409 g/mol. The van der Waals surface area contributed by atoms with Gasteiger partial charge in [-0.2, -0.15) is 0 Å². The van der Waals surface area contributed by atoms with Gasteiger partial charge >= 0.3 is 0 Å². The Balaban J connectivity index is 2.18. The minimum Gasteiger partial charge on any atom is -0.301 e. The predicted octanol–water partition coefficient (Wildman–Crippen LogP) is 2.49. The highest BCUT2D eigenvalue weighted by Crippen LogP contribution is 2.27. The molecular formula is C19H15N5O4S. The van der Waals surface area contributed by atoms with E-state index in [-0.39, 0.29) is 22.1 Å². The molecule has 2 aromatic carbocycles. The molecule has 0 spiro atoms. The SMILES string of the molecule is CC(=O)c1ccc2nc(-c3ccc([N+](=O)[O-])cc3)cc(C(=O)NC(=S)NN)c2c1. The normalized spacial score (nSPS) is 10.4. The Kier molecular flexibility index (Phi) is 5.57. The number of non-ortho nitro benzene ring substituents is 1. The Morgan fingerprint density at radius 3 is 2.41 bits per heavy atom. The number of aromatic nitrogens is 1. The van der Waals surface area contributed by atoms with Gasteiger partial charge < -0.3 is 5.43 Å². The van der Waals surface area contributed by atoms with Crippen LogP contribution >= 0.6 is 12.2 Å². The van der Waals surface area contributed by atoms with Crippen molar-refractivity contribution in [1.29, 1.82) is 0 Å². The van der Waals surface area contributed by atoms with Crippen molar-refractivity contribution in [3.05, 3.63) is 69.8 Å². The molecule has 10 heteroatoms. The number of carbonyl (C=O) groups is 2. The van der Waals surface area contributed by atoms with Gasteiger partial charge in [0.1, 0.15) is 0 Å². The first-order chi connectivity index (χ1) is 13.8. The van der Waals surface area contributed by atoms with E-state index in [0.29, 0.717) is 27.7 Å². The Labute approximate surface area is 170 Å². The van der Waals surface area contributed by atoms with Gasteiger partial charge in [-0.3, -0.25) is 25.0 Å². The molecule has 1 heterocycles. The Bertz CT molecular complexity index is 1160. The molecule has 1 amide bonds. The number of nitrogens with zero attached hydrogens (tertiary/aromatic N) is 2. The zero-order valence-electron chi connectivity index (χ0n) is 15.1. The van der Waals surface area contributed by atoms with Crippen molar-refractivity contribution in [1.82, 2.24) is 15.7 Å². The number of nitrogens with one attached hydrogen (secondary N) is 2. The summed E-state index contributed by atoms with van der Waals surface area (Å²) >= 11 is 4.88. The van der Waals surface area contributed by atoms with Crippen LogP contribution in [0.3, 0.4) is 0 Å². The van der Waals surface area contributed by atoms with Gasteiger partial charge in [-0.25, -0.2) is 10.8 Å². The van der Waals surface area contributed by atoms with Crippen LogP contribution in [-0.2, 0) is 0 Å². The topological polar surface area (TPSA) is 140 Å². The molecule has 1 aromatic heterocycles. The smallest absolute Gasteiger partial charge is 0.269 e. The molecule has 9 nitrogen and oxygen atoms in total. The molecule has 0 atom stereocenters. The molecule has 0 unspecified atom stereocenters. The van der Waals surface area contributed by atoms with Crippen LogP contribution < -0.4 is 16.6 Å². The summed E-state index contributed by atoms with van der Waals surface area (Å²) < 4.78 is 0. The zero-order valence-corrected chi connectivity index (χ0v) is 15.9. The van der Waals surface area contributed by atoms with E-state index in [2.05, 4.69) is 15.7 Å². The molecule has 3 aromatic rings. The molecule has 0 aliphatic heterocycles. The molecule has 146 valence electrons. The maximum absolute atomic E-state index is 12.7. The van der Waals surface area contributed by atoms with Crippen molar-refractivity contribution >= 4 is 45.6 Å². The first-order valence-electron chi connectivity index (χ1n) is 8.32. The van der Waals surface area contributed by atoms with Gasteiger partial charge in [0.05, 0.1) is 21.7 Å². The number of fused-ring (bicyclic) bond motifs is 1. The quantitative estimate of drug-likeness (QED) is 0.196. The number of thiocarbonyl (C=S) groups is 1. The largest absolute Gasteiger partial charge is 0.301 e. The third kappa shape index (κ3) is 4.23. The van der Waals surface area contributed by atoms with E-state index < -0.39 is 10.8 Å². The van der Waals surface area contributed by atoms with Gasteiger partial charge in [0.15, 0.2) is 10.9 Å². The second-order valence-electron chi connectivity index (χ2n) is 6.07. The average Bonchev–Trinajstić information content (AvgIpc) is 2.72. The summed E-state index contributed by atoms with van der Waals surface area (Å²) in [5, 5.41) is 13.7. The number of nitrogens with two attached hydrogens (primary N) is 1. The van der Waals surface area contributed by atoms with Crippen molar-refractivity contribution in [3.63, 3.8) is 0 Å². The molecule has 0 aliphatic rings. The maximum Gasteiger partial charge on any atom is 0.269 e. The van der Waals surface area contributed by atoms with Crippen LogP contribution in [0.25, 0.3) is 22.2 Å². The molecule has 0 saturated carbocycles. The summed E-state index contributed by atoms with van der Waals surface area (Å²) in [6.07, 6.45) is 0. The lowest BCUT2D eigenvalue weighted by Gasteiger charge is -2.11. The first kappa shape index (κ1) is 20.0. The van der Waals surface area contributed by atoms with E-state index in [9.17, 15) is 19.7 Å². The summed E-state index contributed by atoms with van der Waals surface area (Å²) in [5.74, 6) is 4.52. The number of nitro groups is 1. The molecule has 29 heavy (non-hydrogen) atoms. The van der Waals surface area contributed by atoms with Crippen molar-refractivity contribution in [2.75, 3.05) is 0 Å². The number of pyridine rings is 1. The number of nitro benzene ring substituents is 1. The van der Waals surface area contributed by atoms with Gasteiger partial charge in [0.25, 0.3) is 11.6 Å². The maximum atomic E-state index is 12.7. The summed E-state index contributed by atoms with van der Waals surface area (Å²) in [6, 6.07) is 12.2. The number of amides is 1. The highest BCUT2D eigenvalue weighted by Gasteiger charge is 2.17. The molecule has 0 radical (unpaired) electrons. The van der Waals surface area contributed by atoms with Crippen LogP contribution in [0.1, 0.15) is 27.6 Å². The van der Waals surface area contributed by atoms with E-state index >= 15 is 0 Å². The fourth-order valence-corrected chi connectivity index (χ4v) is 2.83. The molecule has 0 fully saturated rings. The van der Waals surface area contributed by atoms with Gasteiger partial charge in [-0.05, 0) is 55.5 Å². The zero-order chi connectivity index (χ0) is 21.1. The van der Waals surface area contributed by atoms with Gasteiger partial charge in [0.2, 0.25) is 0 Å². The van der Waals surface area contributed by atoms with E-state index in [4.69, 9.17) is 18.1 Å². The van der Waals surface area contributed by atoms with Gasteiger partial charge in [-0.15, -0.1) is 0 Å². The molecule has 0 aliphatic carbocycles. The third-order valence-electron chi connectivity index (χ3n) is 4.19. The second kappa shape index (κ2) is 8.09. The van der Waals surface area contributed by atoms with Crippen LogP contribution in [0.15, 0.2) is 48.5 Å². The number of carbonyl (C=O) groups excluding carboxylic acids is 2. The summed E-state index contributed by atoms with van der Waals surface area (Å²) in [7, 11) is 0. The average molecular weight is 409 g/mol. The fourth-order valence-electron chi connectivity index (χ4n) is 2.74. The number of hydrazine groups is 1. The Morgan fingerprint density at radius 2 is 1.83 bits per heavy atom. The van der Waals surface area contributed by atoms with E-state index in [0.717, 1.165) is 0 Å². The summed E-state index contributed by atoms with van der Waals surface area (Å²) in [6.45, 7) is 1.42. The minimum absolute atomic E-state index is 0.0574. The highest BCUT2D eigenvalue weighted by atomic mass is 32.1. The van der Waals surface area contributed by atoms with Crippen LogP contribution in [0.5, 0.6) is 0 Å². The lowest BCUT2D eigenvalue weighted by atomic mass is 10.0. The molecule has 0 bridgehead atoms. The summed E-state index contributed by atoms with van der Waals surface area (Å²) in [5.41, 5.74) is 4.26. The molecule has 3 rings (SSSR count). The third-order valence-corrected chi connectivity index (χ3v) is 4.41. The predicted molar refractivity (Wildman–Crippen MR) is 111 cm³/mol. The van der Waals surface area contributed by atoms with E-state index in [1.807, 2.05) is 0 Å². The Hall–Kier alpha value is -3.76. The van der Waals surface area contributed by atoms with Gasteiger partial charge in [-0.1, -0.05) is 0 Å². The Morgan fingerprint density at radius 1 is 1.14 bits per heavy atom. The van der Waals surface area contributed by atoms with Crippen molar-refractivity contribution < 1.29 is 14.5 Å².